The monoisotopic (exact) mass is 350 g/mol. The van der Waals surface area contributed by atoms with Crippen LogP contribution < -0.4 is 10.6 Å². The summed E-state index contributed by atoms with van der Waals surface area (Å²) in [6.07, 6.45) is 5.64. The second kappa shape index (κ2) is 6.05. The number of imide groups is 2. The van der Waals surface area contributed by atoms with Gasteiger partial charge in [-0.15, -0.1) is 0 Å². The minimum atomic E-state index is -0.980. The Balaban J connectivity index is 1.95. The van der Waals surface area contributed by atoms with E-state index < -0.39 is 29.0 Å². The van der Waals surface area contributed by atoms with Crippen molar-refractivity contribution in [3.63, 3.8) is 0 Å². The molecule has 0 aromatic heterocycles. The molecule has 0 bridgehead atoms. The second-order valence-electron chi connectivity index (χ2n) is 6.93. The van der Waals surface area contributed by atoms with Crippen LogP contribution in [-0.2, 0) is 19.2 Å². The molecule has 1 aromatic carbocycles. The van der Waals surface area contributed by atoms with Crippen LogP contribution in [0.3, 0.4) is 0 Å². The van der Waals surface area contributed by atoms with Crippen LogP contribution >= 0.6 is 0 Å². The maximum Gasteiger partial charge on any atom is 0.255 e. The van der Waals surface area contributed by atoms with Crippen molar-refractivity contribution in [3.8, 4) is 0 Å². The molecule has 1 aliphatic carbocycles. The van der Waals surface area contributed by atoms with Gasteiger partial charge in [0.25, 0.3) is 23.6 Å². The van der Waals surface area contributed by atoms with Gasteiger partial charge in [0, 0.05) is 28.7 Å². The third-order valence-corrected chi connectivity index (χ3v) is 5.59. The van der Waals surface area contributed by atoms with Gasteiger partial charge >= 0.3 is 0 Å². The fourth-order valence-corrected chi connectivity index (χ4v) is 4.59. The number of nitrogens with one attached hydrogen (secondary N) is 2. The number of benzene rings is 1. The predicted octanol–water partition coefficient (Wildman–Crippen LogP) is 1.50. The van der Waals surface area contributed by atoms with Crippen molar-refractivity contribution >= 4 is 23.6 Å². The van der Waals surface area contributed by atoms with Crippen molar-refractivity contribution in [2.75, 3.05) is 0 Å². The highest BCUT2D eigenvalue weighted by Crippen LogP contribution is 2.57. The smallest absolute Gasteiger partial charge is 0.255 e. The average Bonchev–Trinajstić information content (AvgIpc) is 3.16. The topological polar surface area (TPSA) is 92.3 Å². The quantitative estimate of drug-likeness (QED) is 0.808. The fraction of sp³-hybridized carbons (Fsp3) is 0.300. The Bertz CT molecular complexity index is 838. The van der Waals surface area contributed by atoms with Gasteiger partial charge in [-0.1, -0.05) is 43.2 Å². The van der Waals surface area contributed by atoms with E-state index >= 15 is 0 Å². The Kier molecular flexibility index (Phi) is 3.83. The third kappa shape index (κ3) is 2.41. The van der Waals surface area contributed by atoms with Crippen LogP contribution in [0.1, 0.15) is 37.2 Å². The molecule has 1 aromatic rings. The van der Waals surface area contributed by atoms with Crippen LogP contribution in [0.2, 0.25) is 0 Å². The average molecular weight is 350 g/mol. The first-order valence-corrected chi connectivity index (χ1v) is 8.72. The van der Waals surface area contributed by atoms with Gasteiger partial charge in [0.15, 0.2) is 0 Å². The first-order chi connectivity index (χ1) is 12.5. The van der Waals surface area contributed by atoms with Gasteiger partial charge in [0.2, 0.25) is 0 Å². The molecule has 2 N–H and O–H groups in total. The van der Waals surface area contributed by atoms with Gasteiger partial charge in [-0.2, -0.15) is 0 Å². The minimum absolute atomic E-state index is 0.164. The normalized spacial score (nSPS) is 24.8. The van der Waals surface area contributed by atoms with Crippen LogP contribution in [-0.4, -0.2) is 23.6 Å². The van der Waals surface area contributed by atoms with E-state index in [4.69, 9.17) is 0 Å². The first kappa shape index (κ1) is 16.4. The van der Waals surface area contributed by atoms with E-state index in [2.05, 4.69) is 10.6 Å². The highest BCUT2D eigenvalue weighted by Gasteiger charge is 2.54. The van der Waals surface area contributed by atoms with Crippen molar-refractivity contribution in [1.82, 2.24) is 10.6 Å². The molecule has 1 atom stereocenters. The van der Waals surface area contributed by atoms with Crippen molar-refractivity contribution < 1.29 is 19.2 Å². The Labute approximate surface area is 150 Å². The molecule has 2 aliphatic heterocycles. The summed E-state index contributed by atoms with van der Waals surface area (Å²) >= 11 is 0. The lowest BCUT2D eigenvalue weighted by atomic mass is 9.56. The van der Waals surface area contributed by atoms with Gasteiger partial charge < -0.3 is 0 Å². The minimum Gasteiger partial charge on any atom is -0.289 e. The number of carbonyl (C=O) groups excluding carboxylic acids is 4. The Morgan fingerprint density at radius 3 is 1.88 bits per heavy atom. The summed E-state index contributed by atoms with van der Waals surface area (Å²) < 4.78 is 0. The Morgan fingerprint density at radius 1 is 0.808 bits per heavy atom. The molecule has 6 nitrogen and oxygen atoms in total. The highest BCUT2D eigenvalue weighted by molar-refractivity contribution is 6.21. The molecule has 3 aliphatic rings. The molecule has 6 heteroatoms. The predicted molar refractivity (Wildman–Crippen MR) is 92.5 cm³/mol. The van der Waals surface area contributed by atoms with E-state index in [0.29, 0.717) is 6.42 Å². The lowest BCUT2D eigenvalue weighted by molar-refractivity contribution is -0.125. The van der Waals surface area contributed by atoms with Gasteiger partial charge in [0.1, 0.15) is 0 Å². The SMILES string of the molecule is O=C1C=C(C2(C3=CC(=O)NC3=O)CCCCC2c2ccccc2)C(=O)N1. The van der Waals surface area contributed by atoms with Crippen LogP contribution in [0.5, 0.6) is 0 Å². The lowest BCUT2D eigenvalue weighted by Crippen LogP contribution is -2.42. The molecule has 0 spiro atoms. The fourth-order valence-electron chi connectivity index (χ4n) is 4.59. The lowest BCUT2D eigenvalue weighted by Gasteiger charge is -2.45. The van der Waals surface area contributed by atoms with E-state index in [9.17, 15) is 19.2 Å². The zero-order valence-corrected chi connectivity index (χ0v) is 14.1. The summed E-state index contributed by atoms with van der Waals surface area (Å²) in [5.41, 5.74) is 0.583. The van der Waals surface area contributed by atoms with E-state index in [-0.39, 0.29) is 17.1 Å². The molecule has 0 saturated heterocycles. The molecule has 2 heterocycles. The molecule has 1 saturated carbocycles. The summed E-state index contributed by atoms with van der Waals surface area (Å²) in [5, 5.41) is 4.59. The van der Waals surface area contributed by atoms with Gasteiger partial charge in [0.05, 0.1) is 0 Å². The highest BCUT2D eigenvalue weighted by atomic mass is 16.2. The van der Waals surface area contributed by atoms with Gasteiger partial charge in [-0.25, -0.2) is 0 Å². The van der Waals surface area contributed by atoms with Crippen molar-refractivity contribution in [2.45, 2.75) is 31.6 Å². The molecule has 26 heavy (non-hydrogen) atoms. The van der Waals surface area contributed by atoms with E-state index in [1.807, 2.05) is 30.3 Å². The zero-order valence-electron chi connectivity index (χ0n) is 14.1. The second-order valence-corrected chi connectivity index (χ2v) is 6.93. The maximum atomic E-state index is 12.6. The number of amides is 4. The van der Waals surface area contributed by atoms with Crippen molar-refractivity contribution in [2.24, 2.45) is 5.41 Å². The van der Waals surface area contributed by atoms with Gasteiger partial charge in [-0.05, 0) is 24.3 Å². The van der Waals surface area contributed by atoms with Crippen molar-refractivity contribution in [3.05, 3.63) is 59.2 Å². The molecular formula is C20H18N2O4. The maximum absolute atomic E-state index is 12.6. The molecule has 1 fully saturated rings. The molecule has 4 amide bonds. The van der Waals surface area contributed by atoms with Crippen LogP contribution in [0.15, 0.2) is 53.6 Å². The van der Waals surface area contributed by atoms with Crippen LogP contribution in [0.25, 0.3) is 0 Å². The standard InChI is InChI=1S/C20H18N2O4/c23-16-10-14(18(25)21-16)20(15-11-17(24)22-19(15)26)9-5-4-8-13(20)12-6-2-1-3-7-12/h1-3,6-7,10-11,13H,4-5,8-9H2,(H,21,23,25)(H,22,24,26). The Hall–Kier alpha value is -3.02. The van der Waals surface area contributed by atoms with Gasteiger partial charge in [-0.3, -0.25) is 29.8 Å². The zero-order chi connectivity index (χ0) is 18.3. The van der Waals surface area contributed by atoms with Crippen LogP contribution in [0, 0.1) is 5.41 Å². The summed E-state index contributed by atoms with van der Waals surface area (Å²) in [4.78, 5) is 48.8. The molecular weight excluding hydrogens is 332 g/mol. The number of rotatable bonds is 3. The van der Waals surface area contributed by atoms with E-state index in [1.54, 1.807) is 0 Å². The van der Waals surface area contributed by atoms with Crippen LogP contribution in [0.4, 0.5) is 0 Å². The number of carbonyl (C=O) groups is 4. The van der Waals surface area contributed by atoms with E-state index in [0.717, 1.165) is 24.8 Å². The third-order valence-electron chi connectivity index (χ3n) is 5.59. The number of hydrogen-bond acceptors (Lipinski definition) is 4. The summed E-state index contributed by atoms with van der Waals surface area (Å²) in [7, 11) is 0. The van der Waals surface area contributed by atoms with Crippen molar-refractivity contribution in [1.29, 1.82) is 0 Å². The largest absolute Gasteiger partial charge is 0.289 e. The molecule has 1 unspecified atom stereocenters. The molecule has 4 rings (SSSR count). The summed E-state index contributed by atoms with van der Waals surface area (Å²) in [5.74, 6) is -2.08. The Morgan fingerprint density at radius 2 is 1.38 bits per heavy atom. The number of hydrogen-bond donors (Lipinski definition) is 2. The summed E-state index contributed by atoms with van der Waals surface area (Å²) in [6.45, 7) is 0. The summed E-state index contributed by atoms with van der Waals surface area (Å²) in [6, 6.07) is 9.67. The van der Waals surface area contributed by atoms with E-state index in [1.165, 1.54) is 12.2 Å². The molecule has 0 radical (unpaired) electrons. The first-order valence-electron chi connectivity index (χ1n) is 8.72. The molecule has 132 valence electrons.